The van der Waals surface area contributed by atoms with Crippen LogP contribution < -0.4 is 4.90 Å². The van der Waals surface area contributed by atoms with E-state index in [1.807, 2.05) is 36.1 Å². The van der Waals surface area contributed by atoms with Crippen molar-refractivity contribution in [2.24, 2.45) is 0 Å². The minimum atomic E-state index is -0.380. The summed E-state index contributed by atoms with van der Waals surface area (Å²) in [6.07, 6.45) is 0. The predicted molar refractivity (Wildman–Crippen MR) is 110 cm³/mol. The Bertz CT molecular complexity index is 1070. The molecule has 4 rings (SSSR count). The number of nitrogens with zero attached hydrogens (tertiary/aromatic N) is 7. The van der Waals surface area contributed by atoms with Crippen LogP contribution in [0.5, 0.6) is 0 Å². The van der Waals surface area contributed by atoms with E-state index in [0.717, 1.165) is 11.1 Å². The van der Waals surface area contributed by atoms with Crippen LogP contribution in [0.1, 0.15) is 5.56 Å². The zero-order valence-corrected chi connectivity index (χ0v) is 16.5. The first kappa shape index (κ1) is 19.5. The molecule has 0 aliphatic carbocycles. The summed E-state index contributed by atoms with van der Waals surface area (Å²) >= 11 is 0. The molecule has 30 heavy (non-hydrogen) atoms. The molecule has 2 heterocycles. The van der Waals surface area contributed by atoms with Crippen LogP contribution in [0.2, 0.25) is 0 Å². The number of carbonyl (C=O) groups is 1. The van der Waals surface area contributed by atoms with Gasteiger partial charge in [0.15, 0.2) is 0 Å². The van der Waals surface area contributed by atoms with E-state index >= 15 is 0 Å². The smallest absolute Gasteiger partial charge is 0.292 e. The van der Waals surface area contributed by atoms with Gasteiger partial charge in [-0.1, -0.05) is 36.4 Å². The van der Waals surface area contributed by atoms with Crippen LogP contribution >= 0.6 is 0 Å². The van der Waals surface area contributed by atoms with E-state index < -0.39 is 0 Å². The Labute approximate surface area is 172 Å². The fourth-order valence-electron chi connectivity index (χ4n) is 3.55. The highest BCUT2D eigenvalue weighted by Gasteiger charge is 2.26. The summed E-state index contributed by atoms with van der Waals surface area (Å²) in [5.74, 6) is 0.382. The lowest BCUT2D eigenvalue weighted by molar-refractivity contribution is -0.384. The molecule has 10 nitrogen and oxygen atoms in total. The average molecular weight is 407 g/mol. The number of benzene rings is 2. The van der Waals surface area contributed by atoms with E-state index in [9.17, 15) is 14.9 Å². The third-order valence-corrected chi connectivity index (χ3v) is 5.17. The van der Waals surface area contributed by atoms with E-state index in [4.69, 9.17) is 0 Å². The van der Waals surface area contributed by atoms with Crippen molar-refractivity contribution in [1.82, 2.24) is 25.1 Å². The zero-order chi connectivity index (χ0) is 21.1. The summed E-state index contributed by atoms with van der Waals surface area (Å²) in [6.45, 7) is 3.97. The van der Waals surface area contributed by atoms with Gasteiger partial charge in [0.1, 0.15) is 12.2 Å². The van der Waals surface area contributed by atoms with Crippen molar-refractivity contribution < 1.29 is 9.72 Å². The Hall–Kier alpha value is -3.82. The van der Waals surface area contributed by atoms with E-state index in [2.05, 4.69) is 15.4 Å². The van der Waals surface area contributed by atoms with Crippen LogP contribution in [-0.2, 0) is 11.3 Å². The van der Waals surface area contributed by atoms with Gasteiger partial charge in [0.05, 0.1) is 4.92 Å². The second-order valence-corrected chi connectivity index (χ2v) is 7.07. The molecule has 154 valence electrons. The molecule has 2 aromatic carbocycles. The lowest BCUT2D eigenvalue weighted by Crippen LogP contribution is -2.49. The van der Waals surface area contributed by atoms with E-state index in [0.29, 0.717) is 37.7 Å². The molecule has 10 heteroatoms. The van der Waals surface area contributed by atoms with Crippen LogP contribution in [0.15, 0.2) is 48.5 Å². The average Bonchev–Trinajstić information content (AvgIpc) is 3.22. The Balaban J connectivity index is 1.38. The van der Waals surface area contributed by atoms with Gasteiger partial charge >= 0.3 is 0 Å². The largest absolute Gasteiger partial charge is 0.362 e. The normalized spacial score (nSPS) is 14.0. The molecule has 0 saturated carbocycles. The number of anilines is 1. The van der Waals surface area contributed by atoms with Gasteiger partial charge in [0.25, 0.3) is 5.69 Å². The van der Waals surface area contributed by atoms with Crippen molar-refractivity contribution in [3.63, 3.8) is 0 Å². The van der Waals surface area contributed by atoms with Crippen LogP contribution in [0.4, 0.5) is 11.4 Å². The molecule has 0 N–H and O–H groups in total. The van der Waals surface area contributed by atoms with Crippen LogP contribution in [-0.4, -0.2) is 62.1 Å². The van der Waals surface area contributed by atoms with Crippen molar-refractivity contribution in [3.05, 3.63) is 64.2 Å². The fourth-order valence-corrected chi connectivity index (χ4v) is 3.55. The zero-order valence-electron chi connectivity index (χ0n) is 16.5. The Morgan fingerprint density at radius 2 is 1.77 bits per heavy atom. The molecule has 1 amide bonds. The summed E-state index contributed by atoms with van der Waals surface area (Å²) in [5, 5.41) is 23.7. The number of nitro groups is 1. The van der Waals surface area contributed by atoms with Gasteiger partial charge in [0.2, 0.25) is 11.7 Å². The second-order valence-electron chi connectivity index (χ2n) is 7.07. The molecule has 1 fully saturated rings. The molecule has 0 atom stereocenters. The van der Waals surface area contributed by atoms with Gasteiger partial charge < -0.3 is 9.80 Å². The van der Waals surface area contributed by atoms with Crippen LogP contribution in [0.3, 0.4) is 0 Å². The number of hydrogen-bond donors (Lipinski definition) is 0. The molecule has 0 radical (unpaired) electrons. The first-order chi connectivity index (χ1) is 14.5. The Morgan fingerprint density at radius 3 is 2.50 bits per heavy atom. The minimum Gasteiger partial charge on any atom is -0.362 e. The molecule has 1 aliphatic heterocycles. The molecular formula is C20H21N7O3. The minimum absolute atomic E-state index is 0.00433. The highest BCUT2D eigenvalue weighted by atomic mass is 16.6. The summed E-state index contributed by atoms with van der Waals surface area (Å²) in [4.78, 5) is 28.5. The number of nitro benzene ring substituents is 1. The number of hydrogen-bond acceptors (Lipinski definition) is 7. The number of rotatable bonds is 5. The van der Waals surface area contributed by atoms with Crippen molar-refractivity contribution in [3.8, 4) is 11.4 Å². The summed E-state index contributed by atoms with van der Waals surface area (Å²) in [6, 6.07) is 14.4. The van der Waals surface area contributed by atoms with Crippen molar-refractivity contribution in [2.75, 3.05) is 31.1 Å². The first-order valence-electron chi connectivity index (χ1n) is 9.63. The molecule has 1 saturated heterocycles. The molecule has 0 spiro atoms. The van der Waals surface area contributed by atoms with Gasteiger partial charge in [-0.25, -0.2) is 0 Å². The van der Waals surface area contributed by atoms with Gasteiger partial charge in [-0.3, -0.25) is 14.9 Å². The lowest BCUT2D eigenvalue weighted by Gasteiger charge is -2.35. The molecule has 1 aromatic heterocycles. The standard InChI is InChI=1S/C20H21N7O3/c1-15-6-2-3-7-16(15)20-21-23-26(22-20)14-19(28)25-12-10-24(11-13-25)17-8-4-5-9-18(17)27(29)30/h2-9H,10-14H2,1H3. The van der Waals surface area contributed by atoms with Gasteiger partial charge in [0, 0.05) is 37.8 Å². The monoisotopic (exact) mass is 407 g/mol. The number of aryl methyl sites for hydroxylation is 1. The molecule has 0 bridgehead atoms. The van der Waals surface area contributed by atoms with Gasteiger partial charge in [-0.2, -0.15) is 4.80 Å². The number of para-hydroxylation sites is 2. The van der Waals surface area contributed by atoms with Gasteiger partial charge in [-0.05, 0) is 23.8 Å². The van der Waals surface area contributed by atoms with E-state index in [1.54, 1.807) is 23.1 Å². The van der Waals surface area contributed by atoms with Gasteiger partial charge in [-0.15, -0.1) is 10.2 Å². The number of amides is 1. The van der Waals surface area contributed by atoms with Crippen molar-refractivity contribution >= 4 is 17.3 Å². The van der Waals surface area contributed by atoms with E-state index in [1.165, 1.54) is 10.9 Å². The maximum Gasteiger partial charge on any atom is 0.292 e. The maximum atomic E-state index is 12.7. The summed E-state index contributed by atoms with van der Waals surface area (Å²) in [7, 11) is 0. The highest BCUT2D eigenvalue weighted by Crippen LogP contribution is 2.28. The fraction of sp³-hybridized carbons (Fsp3) is 0.300. The van der Waals surface area contributed by atoms with Crippen molar-refractivity contribution in [2.45, 2.75) is 13.5 Å². The number of carbonyl (C=O) groups excluding carboxylic acids is 1. The predicted octanol–water partition coefficient (Wildman–Crippen LogP) is 1.91. The summed E-state index contributed by atoms with van der Waals surface area (Å²) < 4.78 is 0. The second kappa shape index (κ2) is 8.27. The Kier molecular flexibility index (Phi) is 5.38. The topological polar surface area (TPSA) is 110 Å². The highest BCUT2D eigenvalue weighted by molar-refractivity contribution is 5.76. The molecule has 3 aromatic rings. The quantitative estimate of drug-likeness (QED) is 0.469. The lowest BCUT2D eigenvalue weighted by atomic mass is 10.1. The molecular weight excluding hydrogens is 386 g/mol. The molecule has 0 unspecified atom stereocenters. The van der Waals surface area contributed by atoms with Crippen LogP contribution in [0, 0.1) is 17.0 Å². The number of aromatic nitrogens is 4. The Morgan fingerprint density at radius 1 is 1.07 bits per heavy atom. The van der Waals surface area contributed by atoms with E-state index in [-0.39, 0.29) is 23.1 Å². The first-order valence-corrected chi connectivity index (χ1v) is 9.63. The third kappa shape index (κ3) is 3.97. The SMILES string of the molecule is Cc1ccccc1-c1nnn(CC(=O)N2CCN(c3ccccc3[N+](=O)[O-])CC2)n1. The summed E-state index contributed by atoms with van der Waals surface area (Å²) in [5.41, 5.74) is 2.58. The number of piperazine rings is 1. The van der Waals surface area contributed by atoms with Crippen LogP contribution in [0.25, 0.3) is 11.4 Å². The van der Waals surface area contributed by atoms with Crippen molar-refractivity contribution in [1.29, 1.82) is 0 Å². The maximum absolute atomic E-state index is 12.7. The number of tetrazole rings is 1. The third-order valence-electron chi connectivity index (χ3n) is 5.17. The molecule has 1 aliphatic rings.